The molecule has 0 saturated carbocycles. The molecule has 2 heterocycles. The van der Waals surface area contributed by atoms with E-state index in [9.17, 15) is 33.9 Å². The number of aliphatic hydroxyl groups excluding tert-OH is 1. The molecule has 8 amide bonds. The second kappa shape index (κ2) is 32.7. The van der Waals surface area contributed by atoms with Crippen molar-refractivity contribution in [3.8, 4) is 0 Å². The standard InChI is InChI=1S/C60H88N8O9S/c1-42(2)38-46(65-56(74)60(40-45-28-15-8-16-29-45,68-58(76)77-59(3,4)5)50(69)32-23-30-43-24-11-6-12-25-43)55(73)64-47(39-44-26-13-7-14-27-44)54(72)63-37-22-10-21-36-62-51(70)33-17-9-20-35-61-52(71)34-19-18-31-49-53-48(41-78-49)66-57(75)67-53/h6-8,11-16,24-29,42,46-50,53,69H,9-10,17-23,30-41H2,1-5H3,(H,61,71)(H,62,70)(H,63,72)(H,64,73)(H,65,74)(H,68,76)(H2,66,67,75)/t46-,47?,48-,49-,50+,53-,60-/m0/s1. The van der Waals surface area contributed by atoms with Crippen molar-refractivity contribution in [2.45, 2.75) is 190 Å². The Morgan fingerprint density at radius 1 is 0.667 bits per heavy atom. The van der Waals surface area contributed by atoms with Gasteiger partial charge in [-0.15, -0.1) is 0 Å². The van der Waals surface area contributed by atoms with Crippen LogP contribution < -0.4 is 42.5 Å². The zero-order valence-electron chi connectivity index (χ0n) is 46.7. The van der Waals surface area contributed by atoms with Crippen LogP contribution in [-0.4, -0.2) is 119 Å². The summed E-state index contributed by atoms with van der Waals surface area (Å²) in [5.74, 6) is -0.867. The van der Waals surface area contributed by atoms with E-state index in [4.69, 9.17) is 4.74 Å². The Morgan fingerprint density at radius 3 is 1.83 bits per heavy atom. The number of fused-ring (bicyclic) bond motifs is 1. The van der Waals surface area contributed by atoms with Crippen LogP contribution in [0.5, 0.6) is 0 Å². The molecular formula is C60H88N8O9S. The predicted octanol–water partition coefficient (Wildman–Crippen LogP) is 6.94. The average Bonchev–Trinajstić information content (AvgIpc) is 4.01. The number of amides is 8. The zero-order chi connectivity index (χ0) is 56.3. The molecule has 1 unspecified atom stereocenters. The Hall–Kier alpha value is -6.14. The van der Waals surface area contributed by atoms with E-state index in [2.05, 4.69) is 42.5 Å². The monoisotopic (exact) mass is 1100 g/mol. The highest BCUT2D eigenvalue weighted by Crippen LogP contribution is 2.33. The van der Waals surface area contributed by atoms with Crippen molar-refractivity contribution in [2.24, 2.45) is 5.92 Å². The minimum Gasteiger partial charge on any atom is -0.444 e. The van der Waals surface area contributed by atoms with Crippen LogP contribution in [0.2, 0.25) is 0 Å². The summed E-state index contributed by atoms with van der Waals surface area (Å²) in [6.07, 6.45) is 7.31. The summed E-state index contributed by atoms with van der Waals surface area (Å²) in [6.45, 7) is 10.4. The van der Waals surface area contributed by atoms with Gasteiger partial charge in [-0.2, -0.15) is 11.8 Å². The van der Waals surface area contributed by atoms with Crippen molar-refractivity contribution in [3.05, 3.63) is 108 Å². The molecular weight excluding hydrogens is 1010 g/mol. The summed E-state index contributed by atoms with van der Waals surface area (Å²) in [4.78, 5) is 93.7. The van der Waals surface area contributed by atoms with Gasteiger partial charge in [-0.25, -0.2) is 9.59 Å². The van der Waals surface area contributed by atoms with Crippen LogP contribution in [0.3, 0.4) is 0 Å². The van der Waals surface area contributed by atoms with Crippen LogP contribution >= 0.6 is 11.8 Å². The molecule has 2 aliphatic rings. The van der Waals surface area contributed by atoms with E-state index in [-0.39, 0.29) is 67.4 Å². The third-order valence-electron chi connectivity index (χ3n) is 14.0. The summed E-state index contributed by atoms with van der Waals surface area (Å²) in [7, 11) is 0. The van der Waals surface area contributed by atoms with Crippen LogP contribution in [0.1, 0.15) is 141 Å². The highest BCUT2D eigenvalue weighted by Gasteiger charge is 2.49. The van der Waals surface area contributed by atoms with Gasteiger partial charge in [-0.1, -0.05) is 118 Å². The predicted molar refractivity (Wildman–Crippen MR) is 306 cm³/mol. The molecule has 18 heteroatoms. The molecule has 0 bridgehead atoms. The molecule has 2 fully saturated rings. The highest BCUT2D eigenvalue weighted by atomic mass is 32.2. The molecule has 3 aromatic rings. The molecule has 9 N–H and O–H groups in total. The summed E-state index contributed by atoms with van der Waals surface area (Å²) >= 11 is 1.89. The number of thioether (sulfide) groups is 1. The number of carbonyl (C=O) groups excluding carboxylic acids is 7. The summed E-state index contributed by atoms with van der Waals surface area (Å²) in [5, 5.41) is 36.2. The molecule has 5 rings (SSSR count). The van der Waals surface area contributed by atoms with Crippen LogP contribution in [0.4, 0.5) is 9.59 Å². The number of urea groups is 1. The van der Waals surface area contributed by atoms with Crippen molar-refractivity contribution in [2.75, 3.05) is 25.4 Å². The number of hydrogen-bond donors (Lipinski definition) is 9. The van der Waals surface area contributed by atoms with E-state index in [1.54, 1.807) is 20.8 Å². The van der Waals surface area contributed by atoms with Gasteiger partial charge < -0.3 is 52.4 Å². The van der Waals surface area contributed by atoms with E-state index in [1.165, 1.54) is 0 Å². The minimum absolute atomic E-state index is 0.0188. The normalized spacial score (nSPS) is 17.7. The lowest BCUT2D eigenvalue weighted by Crippen LogP contribution is -2.69. The van der Waals surface area contributed by atoms with Gasteiger partial charge in [0.25, 0.3) is 0 Å². The fraction of sp³-hybridized carbons (Fsp3) is 0.583. The minimum atomic E-state index is -1.97. The molecule has 0 aliphatic carbocycles. The first kappa shape index (κ1) is 62.7. The van der Waals surface area contributed by atoms with Crippen LogP contribution in [0.15, 0.2) is 91.0 Å². The number of aliphatic hydroxyl groups is 1. The van der Waals surface area contributed by atoms with Crippen molar-refractivity contribution in [1.29, 1.82) is 0 Å². The van der Waals surface area contributed by atoms with Crippen molar-refractivity contribution >= 4 is 53.4 Å². The number of unbranched alkanes of at least 4 members (excludes halogenated alkanes) is 5. The van der Waals surface area contributed by atoms with E-state index >= 15 is 4.79 Å². The Balaban J connectivity index is 1.09. The number of nitrogens with one attached hydrogen (secondary N) is 8. The number of rotatable bonds is 34. The van der Waals surface area contributed by atoms with Gasteiger partial charge in [0.05, 0.1) is 18.2 Å². The summed E-state index contributed by atoms with van der Waals surface area (Å²) in [5.41, 5.74) is -0.352. The molecule has 7 atom stereocenters. The van der Waals surface area contributed by atoms with Crippen molar-refractivity contribution < 1.29 is 43.4 Å². The molecule has 2 saturated heterocycles. The van der Waals surface area contributed by atoms with Crippen LogP contribution in [0.25, 0.3) is 0 Å². The quantitative estimate of drug-likeness (QED) is 0.0220. The van der Waals surface area contributed by atoms with Crippen LogP contribution in [0, 0.1) is 5.92 Å². The Bertz CT molecular complexity index is 2340. The number of hydrogen-bond acceptors (Lipinski definition) is 10. The average molecular weight is 1100 g/mol. The number of aryl methyl sites for hydroxylation is 1. The second-order valence-electron chi connectivity index (χ2n) is 22.3. The first-order chi connectivity index (χ1) is 37.4. The van der Waals surface area contributed by atoms with E-state index in [0.717, 1.165) is 68.2 Å². The first-order valence-electron chi connectivity index (χ1n) is 28.3. The fourth-order valence-electron chi connectivity index (χ4n) is 9.90. The zero-order valence-corrected chi connectivity index (χ0v) is 47.5. The molecule has 0 spiro atoms. The third-order valence-corrected chi connectivity index (χ3v) is 15.5. The third kappa shape index (κ3) is 22.3. The molecule has 428 valence electrons. The topological polar surface area (TPSA) is 245 Å². The van der Waals surface area contributed by atoms with Crippen molar-refractivity contribution in [1.82, 2.24) is 42.5 Å². The largest absolute Gasteiger partial charge is 0.444 e. The molecule has 2 aliphatic heterocycles. The smallest absolute Gasteiger partial charge is 0.408 e. The lowest BCUT2D eigenvalue weighted by Gasteiger charge is -2.39. The Morgan fingerprint density at radius 2 is 1.23 bits per heavy atom. The second-order valence-corrected chi connectivity index (χ2v) is 23.6. The van der Waals surface area contributed by atoms with Gasteiger partial charge in [0.2, 0.25) is 29.5 Å². The number of ether oxygens (including phenoxy) is 1. The molecule has 0 aromatic heterocycles. The van der Waals surface area contributed by atoms with Gasteiger partial charge in [-0.3, -0.25) is 24.0 Å². The lowest BCUT2D eigenvalue weighted by atomic mass is 9.81. The SMILES string of the molecule is CC(C)C[C@H](NC(=O)[C@@](Cc1ccccc1)(NC(=O)OC(C)(C)C)[C@H](O)CCCc1ccccc1)C(=O)NC(Cc1ccccc1)C(=O)NCCCCCNC(=O)CCCCCNC(=O)CCCC[C@@H]1SC[C@@H]2NC(=O)N[C@@H]21. The summed E-state index contributed by atoms with van der Waals surface area (Å²) < 4.78 is 5.68. The van der Waals surface area contributed by atoms with Crippen LogP contribution in [-0.2, 0) is 48.0 Å². The molecule has 3 aromatic carbocycles. The maximum Gasteiger partial charge on any atom is 0.408 e. The van der Waals surface area contributed by atoms with Crippen molar-refractivity contribution in [3.63, 3.8) is 0 Å². The molecule has 0 radical (unpaired) electrons. The maximum absolute atomic E-state index is 15.1. The Kier molecular flexibility index (Phi) is 26.3. The lowest BCUT2D eigenvalue weighted by molar-refractivity contribution is -0.138. The van der Waals surface area contributed by atoms with Gasteiger partial charge in [0.1, 0.15) is 17.7 Å². The van der Waals surface area contributed by atoms with E-state index in [0.29, 0.717) is 62.6 Å². The number of benzene rings is 3. The van der Waals surface area contributed by atoms with E-state index < -0.39 is 47.2 Å². The van der Waals surface area contributed by atoms with Gasteiger partial charge in [0, 0.05) is 56.3 Å². The highest BCUT2D eigenvalue weighted by molar-refractivity contribution is 8.00. The van der Waals surface area contributed by atoms with Gasteiger partial charge in [0.15, 0.2) is 5.54 Å². The maximum atomic E-state index is 15.1. The van der Waals surface area contributed by atoms with Gasteiger partial charge >= 0.3 is 12.1 Å². The van der Waals surface area contributed by atoms with Gasteiger partial charge in [-0.05, 0) is 114 Å². The fourth-order valence-corrected chi connectivity index (χ4v) is 11.4. The first-order valence-corrected chi connectivity index (χ1v) is 29.4. The van der Waals surface area contributed by atoms with E-state index in [1.807, 2.05) is 117 Å². The summed E-state index contributed by atoms with van der Waals surface area (Å²) in [6, 6.07) is 26.4. The number of alkyl carbamates (subject to hydrolysis) is 1. The Labute approximate surface area is 466 Å². The molecule has 17 nitrogen and oxygen atoms in total. The number of carbonyl (C=O) groups is 7. The molecule has 78 heavy (non-hydrogen) atoms.